The first-order valence-electron chi connectivity index (χ1n) is 6.63. The highest BCUT2D eigenvalue weighted by atomic mass is 16.1. The fourth-order valence-corrected chi connectivity index (χ4v) is 2.15. The number of hydrogen-bond acceptors (Lipinski definition) is 3. The van der Waals surface area contributed by atoms with Crippen LogP contribution in [0.3, 0.4) is 0 Å². The van der Waals surface area contributed by atoms with Crippen LogP contribution >= 0.6 is 0 Å². The molecule has 0 atom stereocenters. The zero-order valence-corrected chi connectivity index (χ0v) is 11.8. The van der Waals surface area contributed by atoms with Crippen molar-refractivity contribution >= 4 is 27.6 Å². The van der Waals surface area contributed by atoms with E-state index in [4.69, 9.17) is 0 Å². The van der Waals surface area contributed by atoms with Gasteiger partial charge in [0.1, 0.15) is 0 Å². The first kappa shape index (κ1) is 14.0. The number of pyridine rings is 1. The lowest BCUT2D eigenvalue weighted by molar-refractivity contribution is -0.117. The minimum atomic E-state index is -0.182. The number of para-hydroxylation sites is 1. The van der Waals surface area contributed by atoms with Crippen LogP contribution < -0.4 is 5.56 Å². The second-order valence-corrected chi connectivity index (χ2v) is 4.27. The number of nitrogens with one attached hydrogen (secondary N) is 1. The van der Waals surface area contributed by atoms with Gasteiger partial charge in [-0.05, 0) is 13.0 Å². The highest BCUT2D eigenvalue weighted by Crippen LogP contribution is 2.20. The van der Waals surface area contributed by atoms with E-state index >= 15 is 0 Å². The second kappa shape index (κ2) is 5.69. The molecule has 3 rings (SSSR count). The van der Waals surface area contributed by atoms with Crippen LogP contribution in [-0.2, 0) is 11.3 Å². The topological polar surface area (TPSA) is 67.8 Å². The summed E-state index contributed by atoms with van der Waals surface area (Å²) in [5.74, 6) is 0.00404. The van der Waals surface area contributed by atoms with Crippen LogP contribution in [0.1, 0.15) is 20.8 Å². The molecule has 0 amide bonds. The molecule has 1 aromatic carbocycles. The fraction of sp³-hybridized carbons (Fsp3) is 0.267. The van der Waals surface area contributed by atoms with Crippen LogP contribution in [-0.4, -0.2) is 20.5 Å². The summed E-state index contributed by atoms with van der Waals surface area (Å²) >= 11 is 0. The van der Waals surface area contributed by atoms with Crippen molar-refractivity contribution in [2.24, 2.45) is 0 Å². The molecule has 5 heteroatoms. The zero-order valence-electron chi connectivity index (χ0n) is 11.8. The quantitative estimate of drug-likeness (QED) is 0.778. The van der Waals surface area contributed by atoms with Crippen molar-refractivity contribution in [2.45, 2.75) is 27.3 Å². The average Bonchev–Trinajstić information content (AvgIpc) is 2.85. The van der Waals surface area contributed by atoms with Crippen molar-refractivity contribution in [2.75, 3.05) is 0 Å². The molecule has 0 fully saturated rings. The van der Waals surface area contributed by atoms with E-state index in [1.807, 2.05) is 38.1 Å². The van der Waals surface area contributed by atoms with Gasteiger partial charge >= 0.3 is 0 Å². The molecule has 0 aliphatic carbocycles. The third-order valence-corrected chi connectivity index (χ3v) is 2.89. The Labute approximate surface area is 116 Å². The van der Waals surface area contributed by atoms with Crippen LogP contribution in [0.2, 0.25) is 0 Å². The maximum absolute atomic E-state index is 11.9. The Kier molecular flexibility index (Phi) is 3.98. The number of nitrogens with zero attached hydrogens (tertiary/aromatic N) is 2. The molecular formula is C15H17N3O2. The number of ketones is 1. The number of hydrogen-bond donors (Lipinski definition) is 1. The van der Waals surface area contributed by atoms with Crippen LogP contribution in [0.15, 0.2) is 35.3 Å². The van der Waals surface area contributed by atoms with E-state index in [0.29, 0.717) is 10.9 Å². The number of aromatic amines is 1. The monoisotopic (exact) mass is 271 g/mol. The number of fused-ring (bicyclic) bond motifs is 3. The first-order chi connectivity index (χ1) is 9.66. The van der Waals surface area contributed by atoms with Gasteiger partial charge in [-0.15, -0.1) is 0 Å². The van der Waals surface area contributed by atoms with E-state index in [2.05, 4.69) is 10.1 Å². The van der Waals surface area contributed by atoms with Gasteiger partial charge in [-0.25, -0.2) is 0 Å². The molecule has 0 aliphatic heterocycles. The lowest BCUT2D eigenvalue weighted by Gasteiger charge is -2.03. The first-order valence-corrected chi connectivity index (χ1v) is 6.63. The minimum Gasteiger partial charge on any atom is -0.321 e. The molecular weight excluding hydrogens is 254 g/mol. The largest absolute Gasteiger partial charge is 0.321 e. The van der Waals surface area contributed by atoms with E-state index in [1.54, 1.807) is 4.68 Å². The second-order valence-electron chi connectivity index (χ2n) is 4.27. The summed E-state index contributed by atoms with van der Waals surface area (Å²) in [6, 6.07) is 7.49. The lowest BCUT2D eigenvalue weighted by Crippen LogP contribution is -2.10. The number of rotatable bonds is 2. The number of carbonyl (C=O) groups is 1. The summed E-state index contributed by atoms with van der Waals surface area (Å²) in [6.07, 6.45) is 1.50. The van der Waals surface area contributed by atoms with Gasteiger partial charge in [-0.1, -0.05) is 32.0 Å². The van der Waals surface area contributed by atoms with E-state index in [0.717, 1.165) is 10.9 Å². The maximum atomic E-state index is 11.9. The van der Waals surface area contributed by atoms with Gasteiger partial charge in [-0.3, -0.25) is 14.3 Å². The van der Waals surface area contributed by atoms with Gasteiger partial charge in [0.05, 0.1) is 29.2 Å². The molecule has 0 radical (unpaired) electrons. The molecule has 20 heavy (non-hydrogen) atoms. The summed E-state index contributed by atoms with van der Waals surface area (Å²) in [5, 5.41) is 5.53. The Morgan fingerprint density at radius 2 is 1.95 bits per heavy atom. The van der Waals surface area contributed by atoms with Crippen LogP contribution in [0.4, 0.5) is 0 Å². The summed E-state index contributed by atoms with van der Waals surface area (Å²) in [4.78, 5) is 25.9. The number of Topliss-reactive ketones (excluding diaryl/α,β-unsaturated/α-hetero) is 1. The maximum Gasteiger partial charge on any atom is 0.259 e. The molecule has 0 unspecified atom stereocenters. The lowest BCUT2D eigenvalue weighted by atomic mass is 10.1. The standard InChI is InChI=1S/C13H11N3O2.C2H6/c1-8(17)7-16-12-9-4-2-3-5-11(9)15-13(18)10(12)6-14-16;1-2/h2-6H,7H2,1H3,(H,15,18);1-2H3. The molecule has 0 bridgehead atoms. The van der Waals surface area contributed by atoms with Gasteiger partial charge in [0, 0.05) is 5.39 Å². The summed E-state index contributed by atoms with van der Waals surface area (Å²) in [7, 11) is 0. The van der Waals surface area contributed by atoms with E-state index < -0.39 is 0 Å². The molecule has 0 saturated carbocycles. The van der Waals surface area contributed by atoms with E-state index in [1.165, 1.54) is 13.1 Å². The van der Waals surface area contributed by atoms with Crippen molar-refractivity contribution in [3.63, 3.8) is 0 Å². The Morgan fingerprint density at radius 3 is 2.65 bits per heavy atom. The highest BCUT2D eigenvalue weighted by molar-refractivity contribution is 6.03. The Morgan fingerprint density at radius 1 is 1.25 bits per heavy atom. The van der Waals surface area contributed by atoms with E-state index in [-0.39, 0.29) is 17.9 Å². The van der Waals surface area contributed by atoms with Gasteiger partial charge in [0.25, 0.3) is 5.56 Å². The smallest absolute Gasteiger partial charge is 0.259 e. The number of H-pyrrole nitrogens is 1. The molecule has 2 aromatic heterocycles. The summed E-state index contributed by atoms with van der Waals surface area (Å²) in [6.45, 7) is 5.68. The summed E-state index contributed by atoms with van der Waals surface area (Å²) < 4.78 is 1.58. The predicted octanol–water partition coefficient (Wildman–Crippen LogP) is 2.49. The van der Waals surface area contributed by atoms with Crippen LogP contribution in [0.5, 0.6) is 0 Å². The van der Waals surface area contributed by atoms with Crippen molar-refractivity contribution in [3.05, 3.63) is 40.8 Å². The van der Waals surface area contributed by atoms with E-state index in [9.17, 15) is 9.59 Å². The molecule has 0 spiro atoms. The Balaban J connectivity index is 0.000000704. The number of aromatic nitrogens is 3. The van der Waals surface area contributed by atoms with Crippen LogP contribution in [0.25, 0.3) is 21.8 Å². The SMILES string of the molecule is CC.CC(=O)Cn1ncc2c(=O)[nH]c3ccccc3c21. The molecule has 0 saturated heterocycles. The predicted molar refractivity (Wildman–Crippen MR) is 79.9 cm³/mol. The van der Waals surface area contributed by atoms with Gasteiger partial charge in [-0.2, -0.15) is 5.10 Å². The third-order valence-electron chi connectivity index (χ3n) is 2.89. The average molecular weight is 271 g/mol. The Bertz CT molecular complexity index is 815. The van der Waals surface area contributed by atoms with Crippen molar-refractivity contribution < 1.29 is 4.79 Å². The molecule has 104 valence electrons. The molecule has 0 aliphatic rings. The van der Waals surface area contributed by atoms with Crippen molar-refractivity contribution in [1.82, 2.24) is 14.8 Å². The van der Waals surface area contributed by atoms with Crippen molar-refractivity contribution in [3.8, 4) is 0 Å². The van der Waals surface area contributed by atoms with Gasteiger partial charge < -0.3 is 4.98 Å². The normalized spacial score (nSPS) is 10.3. The third kappa shape index (κ3) is 2.34. The molecule has 5 nitrogen and oxygen atoms in total. The van der Waals surface area contributed by atoms with Crippen molar-refractivity contribution in [1.29, 1.82) is 0 Å². The number of carbonyl (C=O) groups excluding carboxylic acids is 1. The molecule has 2 heterocycles. The minimum absolute atomic E-state index is 0.00404. The number of benzene rings is 1. The highest BCUT2D eigenvalue weighted by Gasteiger charge is 2.11. The van der Waals surface area contributed by atoms with Gasteiger partial charge in [0.2, 0.25) is 0 Å². The zero-order chi connectivity index (χ0) is 14.7. The van der Waals surface area contributed by atoms with Gasteiger partial charge in [0.15, 0.2) is 5.78 Å². The fourth-order valence-electron chi connectivity index (χ4n) is 2.15. The Hall–Kier alpha value is -2.43. The summed E-state index contributed by atoms with van der Waals surface area (Å²) in [5.41, 5.74) is 1.28. The molecule has 3 aromatic rings. The van der Waals surface area contributed by atoms with Crippen LogP contribution in [0, 0.1) is 0 Å². The molecule has 1 N–H and O–H groups in total.